The highest BCUT2D eigenvalue weighted by atomic mass is 32.2. The van der Waals surface area contributed by atoms with Crippen molar-refractivity contribution in [3.8, 4) is 0 Å². The van der Waals surface area contributed by atoms with Crippen LogP contribution in [-0.4, -0.2) is 52.7 Å². The summed E-state index contributed by atoms with van der Waals surface area (Å²) in [6, 6.07) is 8.48. The smallest absolute Gasteiger partial charge is 0.260 e. The van der Waals surface area contributed by atoms with Gasteiger partial charge in [0, 0.05) is 36.7 Å². The van der Waals surface area contributed by atoms with E-state index in [1.54, 1.807) is 11.3 Å². The zero-order valence-electron chi connectivity index (χ0n) is 19.8. The van der Waals surface area contributed by atoms with Crippen LogP contribution in [-0.2, 0) is 11.2 Å². The average molecular weight is 485 g/mol. The van der Waals surface area contributed by atoms with Gasteiger partial charge in [-0.1, -0.05) is 44.2 Å². The molecule has 0 aliphatic carbocycles. The van der Waals surface area contributed by atoms with E-state index in [1.807, 2.05) is 4.90 Å². The van der Waals surface area contributed by atoms with Crippen LogP contribution in [0.1, 0.15) is 36.3 Å². The standard InChI is InChI=1S/C25H32N4O2S2/c1-5-16(2)14-20-18(4)33-24-22(20)23(31)26-25(27-24)32-15-21(30)29-11-9-28(10-12-29)19-8-6-7-17(3)13-19/h6-8,13,16H,5,9-12,14-15H2,1-4H3,(H,26,27,31). The van der Waals surface area contributed by atoms with E-state index in [-0.39, 0.29) is 17.2 Å². The number of amides is 1. The van der Waals surface area contributed by atoms with Gasteiger partial charge >= 0.3 is 0 Å². The van der Waals surface area contributed by atoms with Crippen molar-refractivity contribution in [2.24, 2.45) is 5.92 Å². The molecule has 1 fully saturated rings. The summed E-state index contributed by atoms with van der Waals surface area (Å²) in [6.45, 7) is 11.6. The third kappa shape index (κ3) is 5.44. The summed E-state index contributed by atoms with van der Waals surface area (Å²) in [5, 5.41) is 1.25. The number of aromatic nitrogens is 2. The van der Waals surface area contributed by atoms with E-state index in [2.05, 4.69) is 66.8 Å². The van der Waals surface area contributed by atoms with Crippen molar-refractivity contribution in [1.82, 2.24) is 14.9 Å². The molecule has 1 amide bonds. The van der Waals surface area contributed by atoms with E-state index in [1.165, 1.54) is 23.0 Å². The summed E-state index contributed by atoms with van der Waals surface area (Å²) in [5.41, 5.74) is 3.49. The maximum absolute atomic E-state index is 12.8. The van der Waals surface area contributed by atoms with Crippen molar-refractivity contribution in [2.75, 3.05) is 36.8 Å². The maximum Gasteiger partial charge on any atom is 0.260 e. The van der Waals surface area contributed by atoms with E-state index < -0.39 is 0 Å². The second-order valence-electron chi connectivity index (χ2n) is 8.90. The summed E-state index contributed by atoms with van der Waals surface area (Å²) in [4.78, 5) is 39.4. The molecule has 176 valence electrons. The minimum atomic E-state index is -0.0932. The number of hydrogen-bond donors (Lipinski definition) is 1. The Bertz CT molecular complexity index is 1190. The lowest BCUT2D eigenvalue weighted by atomic mass is 9.98. The summed E-state index contributed by atoms with van der Waals surface area (Å²) in [6.07, 6.45) is 1.98. The number of nitrogens with one attached hydrogen (secondary N) is 1. The molecular formula is C25H32N4O2S2. The molecule has 8 heteroatoms. The van der Waals surface area contributed by atoms with Crippen LogP contribution in [0.15, 0.2) is 34.2 Å². The van der Waals surface area contributed by atoms with Crippen molar-refractivity contribution in [2.45, 2.75) is 45.7 Å². The Morgan fingerprint density at radius 1 is 1.24 bits per heavy atom. The molecule has 0 saturated carbocycles. The third-order valence-electron chi connectivity index (χ3n) is 6.42. The van der Waals surface area contributed by atoms with Crippen molar-refractivity contribution < 1.29 is 4.79 Å². The first-order chi connectivity index (χ1) is 15.9. The molecule has 6 nitrogen and oxygen atoms in total. The second kappa shape index (κ2) is 10.3. The normalized spacial score (nSPS) is 15.3. The molecule has 4 rings (SSSR count). The van der Waals surface area contributed by atoms with Crippen LogP contribution in [0.2, 0.25) is 0 Å². The number of thiophene rings is 1. The number of nitrogens with zero attached hydrogens (tertiary/aromatic N) is 3. The van der Waals surface area contributed by atoms with Crippen LogP contribution in [0.3, 0.4) is 0 Å². The molecule has 1 unspecified atom stereocenters. The van der Waals surface area contributed by atoms with Gasteiger partial charge in [0.2, 0.25) is 5.91 Å². The molecule has 1 N–H and O–H groups in total. The fraction of sp³-hybridized carbons (Fsp3) is 0.480. The molecule has 1 saturated heterocycles. The minimum Gasteiger partial charge on any atom is -0.368 e. The topological polar surface area (TPSA) is 69.3 Å². The van der Waals surface area contributed by atoms with Crippen LogP contribution < -0.4 is 10.5 Å². The van der Waals surface area contributed by atoms with E-state index in [0.29, 0.717) is 24.2 Å². The van der Waals surface area contributed by atoms with E-state index in [0.717, 1.165) is 46.6 Å². The third-order valence-corrected chi connectivity index (χ3v) is 8.32. The van der Waals surface area contributed by atoms with E-state index >= 15 is 0 Å². The van der Waals surface area contributed by atoms with Gasteiger partial charge < -0.3 is 14.8 Å². The largest absolute Gasteiger partial charge is 0.368 e. The number of aryl methyl sites for hydroxylation is 2. The Hall–Kier alpha value is -2.32. The first-order valence-corrected chi connectivity index (χ1v) is 13.4. The molecule has 1 atom stereocenters. The number of benzene rings is 1. The number of piperazine rings is 1. The number of fused-ring (bicyclic) bond motifs is 1. The van der Waals surface area contributed by atoms with Gasteiger partial charge in [0.1, 0.15) is 4.83 Å². The Balaban J connectivity index is 1.37. The Morgan fingerprint density at radius 2 is 2.00 bits per heavy atom. The van der Waals surface area contributed by atoms with Gasteiger partial charge in [-0.2, -0.15) is 0 Å². The van der Waals surface area contributed by atoms with Crippen molar-refractivity contribution >= 4 is 44.9 Å². The van der Waals surface area contributed by atoms with Crippen LogP contribution in [0, 0.1) is 19.8 Å². The Kier molecular flexibility index (Phi) is 7.44. The number of anilines is 1. The average Bonchev–Trinajstić information content (AvgIpc) is 3.12. The van der Waals surface area contributed by atoms with Gasteiger partial charge in [-0.3, -0.25) is 9.59 Å². The summed E-state index contributed by atoms with van der Waals surface area (Å²) in [5.74, 6) is 0.897. The predicted octanol–water partition coefficient (Wildman–Crippen LogP) is 4.63. The lowest BCUT2D eigenvalue weighted by Crippen LogP contribution is -2.49. The number of hydrogen-bond acceptors (Lipinski definition) is 6. The monoisotopic (exact) mass is 484 g/mol. The van der Waals surface area contributed by atoms with Crippen LogP contribution in [0.4, 0.5) is 5.69 Å². The molecule has 2 aromatic heterocycles. The summed E-state index contributed by atoms with van der Waals surface area (Å²) < 4.78 is 0. The van der Waals surface area contributed by atoms with Gasteiger partial charge in [-0.15, -0.1) is 11.3 Å². The zero-order chi connectivity index (χ0) is 23.5. The number of aromatic amines is 1. The SMILES string of the molecule is CCC(C)Cc1c(C)sc2nc(SCC(=O)N3CCN(c4cccc(C)c4)CC3)[nH]c(=O)c12. The molecule has 0 radical (unpaired) electrons. The first kappa shape index (κ1) is 23.8. The number of carbonyl (C=O) groups is 1. The number of H-pyrrole nitrogens is 1. The van der Waals surface area contributed by atoms with E-state index in [4.69, 9.17) is 0 Å². The molecule has 0 bridgehead atoms. The Labute approximate surface area is 203 Å². The summed E-state index contributed by atoms with van der Waals surface area (Å²) in [7, 11) is 0. The molecule has 0 spiro atoms. The molecular weight excluding hydrogens is 452 g/mol. The minimum absolute atomic E-state index is 0.0893. The van der Waals surface area contributed by atoms with E-state index in [9.17, 15) is 9.59 Å². The maximum atomic E-state index is 12.8. The lowest BCUT2D eigenvalue weighted by molar-refractivity contribution is -0.128. The number of thioether (sulfide) groups is 1. The Morgan fingerprint density at radius 3 is 2.70 bits per heavy atom. The highest BCUT2D eigenvalue weighted by Crippen LogP contribution is 2.30. The number of rotatable bonds is 7. The lowest BCUT2D eigenvalue weighted by Gasteiger charge is -2.36. The van der Waals surface area contributed by atoms with Crippen molar-refractivity contribution in [3.05, 3.63) is 50.6 Å². The van der Waals surface area contributed by atoms with Gasteiger partial charge in [-0.25, -0.2) is 4.98 Å². The van der Waals surface area contributed by atoms with Gasteiger partial charge in [-0.05, 0) is 49.4 Å². The highest BCUT2D eigenvalue weighted by molar-refractivity contribution is 7.99. The van der Waals surface area contributed by atoms with Crippen LogP contribution >= 0.6 is 23.1 Å². The fourth-order valence-electron chi connectivity index (χ4n) is 4.22. The van der Waals surface area contributed by atoms with Gasteiger partial charge in [0.15, 0.2) is 5.16 Å². The quantitative estimate of drug-likeness (QED) is 0.391. The second-order valence-corrected chi connectivity index (χ2v) is 11.1. The fourth-order valence-corrected chi connectivity index (χ4v) is 6.10. The van der Waals surface area contributed by atoms with Crippen LogP contribution in [0.5, 0.6) is 0 Å². The van der Waals surface area contributed by atoms with Crippen molar-refractivity contribution in [3.63, 3.8) is 0 Å². The predicted molar refractivity (Wildman–Crippen MR) is 139 cm³/mol. The van der Waals surface area contributed by atoms with Gasteiger partial charge in [0.05, 0.1) is 11.1 Å². The zero-order valence-corrected chi connectivity index (χ0v) is 21.4. The molecule has 3 heterocycles. The van der Waals surface area contributed by atoms with Gasteiger partial charge in [0.25, 0.3) is 5.56 Å². The van der Waals surface area contributed by atoms with Crippen molar-refractivity contribution in [1.29, 1.82) is 0 Å². The number of carbonyl (C=O) groups excluding carboxylic acids is 1. The molecule has 33 heavy (non-hydrogen) atoms. The molecule has 3 aromatic rings. The molecule has 1 aliphatic rings. The molecule has 1 aliphatic heterocycles. The van der Waals surface area contributed by atoms with Crippen LogP contribution in [0.25, 0.3) is 10.2 Å². The summed E-state index contributed by atoms with van der Waals surface area (Å²) >= 11 is 2.89. The highest BCUT2D eigenvalue weighted by Gasteiger charge is 2.22. The first-order valence-electron chi connectivity index (χ1n) is 11.6. The molecule has 1 aromatic carbocycles.